The Morgan fingerprint density at radius 2 is 1.37 bits per heavy atom. The van der Waals surface area contributed by atoms with Crippen LogP contribution in [0.3, 0.4) is 0 Å². The lowest BCUT2D eigenvalue weighted by Crippen LogP contribution is -2.24. The quantitative estimate of drug-likeness (QED) is 0.605. The minimum absolute atomic E-state index is 0.00420. The Labute approximate surface area is 116 Å². The average molecular weight is 260 g/mol. The van der Waals surface area contributed by atoms with Gasteiger partial charge >= 0.3 is 0 Å². The molecule has 2 nitrogen and oxygen atoms in total. The molecule has 104 valence electrons. The van der Waals surface area contributed by atoms with E-state index in [1.54, 1.807) is 0 Å². The van der Waals surface area contributed by atoms with E-state index in [-0.39, 0.29) is 18.0 Å². The fourth-order valence-electron chi connectivity index (χ4n) is 2.13. The SMILES string of the molecule is Cc1cc(C)c(C)c(C(=O)CC(=O)C(C)(C)C)c1C. The van der Waals surface area contributed by atoms with E-state index in [0.29, 0.717) is 0 Å². The zero-order valence-electron chi connectivity index (χ0n) is 13.1. The first-order chi connectivity index (χ1) is 8.55. The first-order valence-corrected chi connectivity index (χ1v) is 6.69. The summed E-state index contributed by atoms with van der Waals surface area (Å²) in [6, 6.07) is 2.09. The number of carbonyl (C=O) groups excluding carboxylic acids is 2. The molecule has 0 aliphatic rings. The molecule has 19 heavy (non-hydrogen) atoms. The van der Waals surface area contributed by atoms with Gasteiger partial charge in [-0.05, 0) is 49.9 Å². The van der Waals surface area contributed by atoms with Crippen molar-refractivity contribution in [3.8, 4) is 0 Å². The predicted octanol–water partition coefficient (Wildman–Crippen LogP) is 4.11. The maximum absolute atomic E-state index is 12.4. The van der Waals surface area contributed by atoms with Crippen molar-refractivity contribution in [2.75, 3.05) is 0 Å². The maximum Gasteiger partial charge on any atom is 0.170 e. The highest BCUT2D eigenvalue weighted by Gasteiger charge is 2.26. The van der Waals surface area contributed by atoms with Crippen LogP contribution in [0.2, 0.25) is 0 Å². The summed E-state index contributed by atoms with van der Waals surface area (Å²) in [7, 11) is 0. The Kier molecular flexibility index (Phi) is 4.34. The summed E-state index contributed by atoms with van der Waals surface area (Å²) in [6.07, 6.45) is -0.00588. The predicted molar refractivity (Wildman–Crippen MR) is 78.8 cm³/mol. The number of rotatable bonds is 3. The highest BCUT2D eigenvalue weighted by molar-refractivity contribution is 6.10. The van der Waals surface area contributed by atoms with Crippen LogP contribution in [0.4, 0.5) is 0 Å². The van der Waals surface area contributed by atoms with Gasteiger partial charge in [-0.15, -0.1) is 0 Å². The topological polar surface area (TPSA) is 34.1 Å². The molecule has 0 amide bonds. The van der Waals surface area contributed by atoms with Crippen molar-refractivity contribution in [1.82, 2.24) is 0 Å². The van der Waals surface area contributed by atoms with Crippen molar-refractivity contribution in [2.45, 2.75) is 54.9 Å². The summed E-state index contributed by atoms with van der Waals surface area (Å²) in [4.78, 5) is 24.4. The highest BCUT2D eigenvalue weighted by Crippen LogP contribution is 2.25. The van der Waals surface area contributed by atoms with E-state index >= 15 is 0 Å². The first kappa shape index (κ1) is 15.6. The van der Waals surface area contributed by atoms with Crippen LogP contribution in [0.1, 0.15) is 59.8 Å². The third kappa shape index (κ3) is 3.31. The fraction of sp³-hybridized carbons (Fsp3) is 0.529. The first-order valence-electron chi connectivity index (χ1n) is 6.69. The number of hydrogen-bond acceptors (Lipinski definition) is 2. The zero-order chi connectivity index (χ0) is 15.0. The largest absolute Gasteiger partial charge is 0.299 e. The maximum atomic E-state index is 12.4. The van der Waals surface area contributed by atoms with Gasteiger partial charge in [0.15, 0.2) is 5.78 Å². The van der Waals surface area contributed by atoms with E-state index in [1.807, 2.05) is 48.5 Å². The number of Topliss-reactive ketones (excluding diaryl/α,β-unsaturated/α-hetero) is 2. The van der Waals surface area contributed by atoms with E-state index in [0.717, 1.165) is 27.8 Å². The lowest BCUT2D eigenvalue weighted by Gasteiger charge is -2.18. The highest BCUT2D eigenvalue weighted by atomic mass is 16.1. The molecule has 0 radical (unpaired) electrons. The smallest absolute Gasteiger partial charge is 0.170 e. The minimum atomic E-state index is -0.462. The molecule has 0 saturated carbocycles. The van der Waals surface area contributed by atoms with Crippen LogP contribution in [-0.2, 0) is 4.79 Å². The van der Waals surface area contributed by atoms with Gasteiger partial charge in [0.05, 0.1) is 6.42 Å². The molecule has 0 unspecified atom stereocenters. The zero-order valence-corrected chi connectivity index (χ0v) is 13.1. The van der Waals surface area contributed by atoms with E-state index in [4.69, 9.17) is 0 Å². The van der Waals surface area contributed by atoms with Gasteiger partial charge < -0.3 is 0 Å². The van der Waals surface area contributed by atoms with E-state index in [2.05, 4.69) is 6.07 Å². The van der Waals surface area contributed by atoms with Gasteiger partial charge in [-0.2, -0.15) is 0 Å². The van der Waals surface area contributed by atoms with Gasteiger partial charge in [-0.25, -0.2) is 0 Å². The molecule has 1 aromatic rings. The Morgan fingerprint density at radius 3 is 1.74 bits per heavy atom. The second-order valence-corrected chi connectivity index (χ2v) is 6.41. The van der Waals surface area contributed by atoms with Gasteiger partial charge in [0.25, 0.3) is 0 Å². The normalized spacial score (nSPS) is 11.5. The number of hydrogen-bond donors (Lipinski definition) is 0. The monoisotopic (exact) mass is 260 g/mol. The van der Waals surface area contributed by atoms with E-state index in [1.165, 1.54) is 0 Å². The van der Waals surface area contributed by atoms with Crippen LogP contribution in [0.15, 0.2) is 6.07 Å². The third-order valence-corrected chi connectivity index (χ3v) is 3.80. The summed E-state index contributed by atoms with van der Waals surface area (Å²) in [6.45, 7) is 13.5. The van der Waals surface area contributed by atoms with Gasteiger partial charge in [-0.3, -0.25) is 9.59 Å². The molecule has 0 spiro atoms. The number of aryl methyl sites for hydroxylation is 2. The van der Waals surface area contributed by atoms with Crippen molar-refractivity contribution >= 4 is 11.6 Å². The van der Waals surface area contributed by atoms with E-state index in [9.17, 15) is 9.59 Å². The van der Waals surface area contributed by atoms with Crippen molar-refractivity contribution in [2.24, 2.45) is 5.41 Å². The number of benzene rings is 1. The second kappa shape index (κ2) is 5.28. The Hall–Kier alpha value is -1.44. The van der Waals surface area contributed by atoms with Crippen LogP contribution in [0, 0.1) is 33.1 Å². The fourth-order valence-corrected chi connectivity index (χ4v) is 2.13. The Bertz CT molecular complexity index is 505. The lowest BCUT2D eigenvalue weighted by atomic mass is 9.84. The summed E-state index contributed by atoms with van der Waals surface area (Å²) < 4.78 is 0. The van der Waals surface area contributed by atoms with Crippen LogP contribution < -0.4 is 0 Å². The number of ketones is 2. The van der Waals surface area contributed by atoms with Gasteiger partial charge in [-0.1, -0.05) is 26.8 Å². The van der Waals surface area contributed by atoms with Crippen molar-refractivity contribution in [3.63, 3.8) is 0 Å². The molecule has 1 rings (SSSR count). The molecular formula is C17H24O2. The molecule has 0 saturated heterocycles. The summed E-state index contributed by atoms with van der Waals surface area (Å²) in [5.74, 6) is -0.0582. The molecule has 1 aromatic carbocycles. The molecule has 0 atom stereocenters. The molecular weight excluding hydrogens is 236 g/mol. The minimum Gasteiger partial charge on any atom is -0.299 e. The average Bonchev–Trinajstić information content (AvgIpc) is 2.25. The van der Waals surface area contributed by atoms with Crippen LogP contribution >= 0.6 is 0 Å². The Balaban J connectivity index is 3.18. The van der Waals surface area contributed by atoms with Crippen LogP contribution in [0.5, 0.6) is 0 Å². The third-order valence-electron chi connectivity index (χ3n) is 3.80. The molecule has 0 aromatic heterocycles. The summed E-state index contributed by atoms with van der Waals surface area (Å²) in [5.41, 5.74) is 4.47. The molecule has 0 heterocycles. The lowest BCUT2D eigenvalue weighted by molar-refractivity contribution is -0.125. The molecule has 0 aliphatic carbocycles. The molecule has 0 aliphatic heterocycles. The van der Waals surface area contributed by atoms with E-state index < -0.39 is 5.41 Å². The van der Waals surface area contributed by atoms with Crippen molar-refractivity contribution in [3.05, 3.63) is 33.9 Å². The molecule has 2 heteroatoms. The van der Waals surface area contributed by atoms with Gasteiger partial charge in [0.1, 0.15) is 5.78 Å². The standard InChI is InChI=1S/C17H24O2/c1-10-8-11(2)13(4)16(12(10)3)14(18)9-15(19)17(5,6)7/h8H,9H2,1-7H3. The summed E-state index contributed by atoms with van der Waals surface area (Å²) in [5, 5.41) is 0. The summed E-state index contributed by atoms with van der Waals surface area (Å²) >= 11 is 0. The van der Waals surface area contributed by atoms with Crippen molar-refractivity contribution in [1.29, 1.82) is 0 Å². The van der Waals surface area contributed by atoms with Crippen molar-refractivity contribution < 1.29 is 9.59 Å². The molecule has 0 fully saturated rings. The second-order valence-electron chi connectivity index (χ2n) is 6.41. The van der Waals surface area contributed by atoms with Crippen LogP contribution in [-0.4, -0.2) is 11.6 Å². The van der Waals surface area contributed by atoms with Gasteiger partial charge in [0, 0.05) is 11.0 Å². The molecule has 0 N–H and O–H groups in total. The number of carbonyl (C=O) groups is 2. The molecule has 0 bridgehead atoms. The van der Waals surface area contributed by atoms with Gasteiger partial charge in [0.2, 0.25) is 0 Å². The Morgan fingerprint density at radius 1 is 0.947 bits per heavy atom. The van der Waals surface area contributed by atoms with Crippen LogP contribution in [0.25, 0.3) is 0 Å².